The summed E-state index contributed by atoms with van der Waals surface area (Å²) in [6.45, 7) is 9.06. The minimum absolute atomic E-state index is 0.0410. The maximum absolute atomic E-state index is 14.2. The summed E-state index contributed by atoms with van der Waals surface area (Å²) in [6, 6.07) is 9.56. The van der Waals surface area contributed by atoms with Crippen LogP contribution in [0.4, 0.5) is 10.6 Å². The SMILES string of the molecule is COc1cccc(-c2nc3c(cc2C2CC2)c(N2CCN(C(=O)O)C[C@@H]2C)nc(=O)n3-c2c(C)ccnc2C(C)C)c1OC. The number of pyridine rings is 2. The maximum atomic E-state index is 14.2. The summed E-state index contributed by atoms with van der Waals surface area (Å²) in [7, 11) is 3.22. The van der Waals surface area contributed by atoms with Crippen molar-refractivity contribution in [2.24, 2.45) is 0 Å². The number of para-hydroxylation sites is 1. The molecule has 11 nitrogen and oxygen atoms in total. The van der Waals surface area contributed by atoms with Crippen molar-refractivity contribution in [3.63, 3.8) is 0 Å². The second kappa shape index (κ2) is 11.4. The molecule has 1 saturated heterocycles. The van der Waals surface area contributed by atoms with Crippen LogP contribution in [-0.4, -0.2) is 75.5 Å². The van der Waals surface area contributed by atoms with E-state index in [0.717, 1.165) is 46.3 Å². The summed E-state index contributed by atoms with van der Waals surface area (Å²) < 4.78 is 13.1. The van der Waals surface area contributed by atoms with Crippen molar-refractivity contribution in [1.29, 1.82) is 0 Å². The van der Waals surface area contributed by atoms with E-state index in [1.807, 2.05) is 43.0 Å². The van der Waals surface area contributed by atoms with Gasteiger partial charge in [0, 0.05) is 37.4 Å². The summed E-state index contributed by atoms with van der Waals surface area (Å²) in [5.41, 5.74) is 4.92. The van der Waals surface area contributed by atoms with Gasteiger partial charge in [-0.3, -0.25) is 4.98 Å². The number of ether oxygens (including phenoxy) is 2. The van der Waals surface area contributed by atoms with E-state index in [2.05, 4.69) is 24.9 Å². The minimum Gasteiger partial charge on any atom is -0.493 e. The van der Waals surface area contributed by atoms with E-state index in [1.54, 1.807) is 25.0 Å². The summed E-state index contributed by atoms with van der Waals surface area (Å²) in [5.74, 6) is 2.03. The van der Waals surface area contributed by atoms with E-state index in [4.69, 9.17) is 19.4 Å². The van der Waals surface area contributed by atoms with Crippen molar-refractivity contribution in [1.82, 2.24) is 24.4 Å². The van der Waals surface area contributed by atoms with Crippen LogP contribution < -0.4 is 20.1 Å². The molecule has 44 heavy (non-hydrogen) atoms. The monoisotopic (exact) mass is 598 g/mol. The Bertz CT molecular complexity index is 1820. The van der Waals surface area contributed by atoms with Crippen LogP contribution in [0.5, 0.6) is 11.5 Å². The molecule has 6 rings (SSSR count). The molecule has 2 fully saturated rings. The number of methoxy groups -OCH3 is 2. The number of hydrogen-bond donors (Lipinski definition) is 1. The van der Waals surface area contributed by atoms with Gasteiger partial charge in [0.25, 0.3) is 0 Å². The third-order valence-electron chi connectivity index (χ3n) is 8.65. The second-order valence-electron chi connectivity index (χ2n) is 12.0. The van der Waals surface area contributed by atoms with Crippen molar-refractivity contribution < 1.29 is 19.4 Å². The third-order valence-corrected chi connectivity index (χ3v) is 8.65. The van der Waals surface area contributed by atoms with Crippen molar-refractivity contribution in [3.05, 3.63) is 63.8 Å². The first-order chi connectivity index (χ1) is 21.1. The first kappa shape index (κ1) is 29.4. The van der Waals surface area contributed by atoms with Gasteiger partial charge >= 0.3 is 11.8 Å². The van der Waals surface area contributed by atoms with Crippen LogP contribution in [0.2, 0.25) is 0 Å². The number of amides is 1. The van der Waals surface area contributed by atoms with E-state index in [1.165, 1.54) is 4.90 Å². The van der Waals surface area contributed by atoms with Crippen molar-refractivity contribution in [2.75, 3.05) is 38.8 Å². The summed E-state index contributed by atoms with van der Waals surface area (Å²) in [4.78, 5) is 44.1. The molecule has 1 aromatic carbocycles. The average Bonchev–Trinajstić information content (AvgIpc) is 3.85. The van der Waals surface area contributed by atoms with E-state index in [9.17, 15) is 14.7 Å². The van der Waals surface area contributed by atoms with Crippen molar-refractivity contribution in [2.45, 2.75) is 58.4 Å². The fraction of sp³-hybridized carbons (Fsp3) is 0.424. The lowest BCUT2D eigenvalue weighted by molar-refractivity contribution is 0.136. The normalized spacial score (nSPS) is 16.9. The maximum Gasteiger partial charge on any atom is 0.407 e. The quantitative estimate of drug-likeness (QED) is 0.300. The third kappa shape index (κ3) is 4.99. The summed E-state index contributed by atoms with van der Waals surface area (Å²) in [5, 5.41) is 10.4. The lowest BCUT2D eigenvalue weighted by Gasteiger charge is -2.39. The Hall–Kier alpha value is -4.67. The number of aryl methyl sites for hydroxylation is 1. The van der Waals surface area contributed by atoms with E-state index in [-0.39, 0.29) is 12.0 Å². The first-order valence-corrected chi connectivity index (χ1v) is 15.0. The Kier molecular flexibility index (Phi) is 7.65. The van der Waals surface area contributed by atoms with Crippen LogP contribution in [0.25, 0.3) is 28.0 Å². The smallest absolute Gasteiger partial charge is 0.407 e. The molecule has 0 bridgehead atoms. The average molecular weight is 599 g/mol. The van der Waals surface area contributed by atoms with Gasteiger partial charge < -0.3 is 24.4 Å². The zero-order valence-corrected chi connectivity index (χ0v) is 26.0. The number of aromatic nitrogens is 4. The van der Waals surface area contributed by atoms with Gasteiger partial charge in [-0.15, -0.1) is 0 Å². The molecule has 0 unspecified atom stereocenters. The van der Waals surface area contributed by atoms with E-state index in [0.29, 0.717) is 54.2 Å². The molecule has 4 aromatic rings. The second-order valence-corrected chi connectivity index (χ2v) is 12.0. The molecular weight excluding hydrogens is 560 g/mol. The molecule has 1 N–H and O–H groups in total. The van der Waals surface area contributed by atoms with Gasteiger partial charge in [-0.05, 0) is 73.9 Å². The Morgan fingerprint density at radius 3 is 2.50 bits per heavy atom. The molecule has 1 aliphatic heterocycles. The standard InChI is InChI=1S/C33H38N6O5/c1-18(2)26-28(19(3)12-13-34-26)39-31-24(30(36-32(39)40)38-15-14-37(33(41)42)17-20(38)4)16-23(21-10-11-21)27(35-31)22-8-7-9-25(43-5)29(22)44-6/h7-9,12-13,16,18,20-21H,10-11,14-15,17H2,1-6H3,(H,41,42)/t20-/m0/s1. The highest BCUT2D eigenvalue weighted by atomic mass is 16.5. The molecule has 230 valence electrons. The Balaban J connectivity index is 1.70. The number of carboxylic acid groups (broad SMARTS) is 1. The van der Waals surface area contributed by atoms with Crippen molar-refractivity contribution >= 4 is 22.9 Å². The predicted molar refractivity (Wildman–Crippen MR) is 169 cm³/mol. The Labute approximate surface area is 256 Å². The number of fused-ring (bicyclic) bond motifs is 1. The van der Waals surface area contributed by atoms with Crippen LogP contribution in [0.1, 0.15) is 62.3 Å². The number of anilines is 1. The Morgan fingerprint density at radius 2 is 1.86 bits per heavy atom. The van der Waals surface area contributed by atoms with Gasteiger partial charge in [0.2, 0.25) is 0 Å². The first-order valence-electron chi connectivity index (χ1n) is 15.0. The number of rotatable bonds is 7. The number of carbonyl (C=O) groups is 1. The molecule has 0 spiro atoms. The highest BCUT2D eigenvalue weighted by Crippen LogP contribution is 2.48. The van der Waals surface area contributed by atoms with Gasteiger partial charge in [0.15, 0.2) is 17.1 Å². The molecule has 1 amide bonds. The van der Waals surface area contributed by atoms with E-state index < -0.39 is 11.8 Å². The number of hydrogen-bond acceptors (Lipinski definition) is 8. The molecule has 1 atom stereocenters. The fourth-order valence-electron chi connectivity index (χ4n) is 6.29. The topological polar surface area (TPSA) is 123 Å². The minimum atomic E-state index is -0.951. The molecule has 0 radical (unpaired) electrons. The predicted octanol–water partition coefficient (Wildman–Crippen LogP) is 5.36. The van der Waals surface area contributed by atoms with Crippen LogP contribution in [-0.2, 0) is 0 Å². The Morgan fingerprint density at radius 1 is 1.09 bits per heavy atom. The molecule has 4 heterocycles. The molecular formula is C33H38N6O5. The van der Waals surface area contributed by atoms with Gasteiger partial charge in [-0.2, -0.15) is 4.98 Å². The summed E-state index contributed by atoms with van der Waals surface area (Å²) >= 11 is 0. The largest absolute Gasteiger partial charge is 0.493 e. The van der Waals surface area contributed by atoms with Crippen LogP contribution >= 0.6 is 0 Å². The van der Waals surface area contributed by atoms with Gasteiger partial charge in [-0.25, -0.2) is 19.1 Å². The fourth-order valence-corrected chi connectivity index (χ4v) is 6.29. The number of nitrogens with zero attached hydrogens (tertiary/aromatic N) is 6. The van der Waals surface area contributed by atoms with Crippen LogP contribution in [0.15, 0.2) is 41.3 Å². The highest BCUT2D eigenvalue weighted by Gasteiger charge is 2.34. The number of piperazine rings is 1. The zero-order chi connectivity index (χ0) is 31.3. The number of benzene rings is 1. The highest BCUT2D eigenvalue weighted by molar-refractivity contribution is 5.92. The lowest BCUT2D eigenvalue weighted by Crippen LogP contribution is -2.54. The van der Waals surface area contributed by atoms with Crippen LogP contribution in [0, 0.1) is 6.92 Å². The van der Waals surface area contributed by atoms with Crippen LogP contribution in [0.3, 0.4) is 0 Å². The molecule has 1 saturated carbocycles. The lowest BCUT2D eigenvalue weighted by atomic mass is 9.99. The molecule has 3 aromatic heterocycles. The van der Waals surface area contributed by atoms with Gasteiger partial charge in [-0.1, -0.05) is 19.9 Å². The molecule has 11 heteroatoms. The molecule has 2 aliphatic rings. The van der Waals surface area contributed by atoms with E-state index >= 15 is 0 Å². The van der Waals surface area contributed by atoms with Gasteiger partial charge in [0.05, 0.1) is 36.7 Å². The van der Waals surface area contributed by atoms with Gasteiger partial charge in [0.1, 0.15) is 5.82 Å². The van der Waals surface area contributed by atoms with Crippen molar-refractivity contribution in [3.8, 4) is 28.4 Å². The zero-order valence-electron chi connectivity index (χ0n) is 26.0. The summed E-state index contributed by atoms with van der Waals surface area (Å²) in [6.07, 6.45) is 2.87. The molecule has 1 aliphatic carbocycles.